The van der Waals surface area contributed by atoms with Crippen LogP contribution in [0, 0.1) is 0 Å². The molecule has 0 aliphatic heterocycles. The Morgan fingerprint density at radius 1 is 0.348 bits per heavy atom. The van der Waals surface area contributed by atoms with Crippen molar-refractivity contribution in [3.05, 3.63) is 182 Å². The molecule has 0 aliphatic carbocycles. The van der Waals surface area contributed by atoms with E-state index in [0.717, 1.165) is 31.1 Å². The van der Waals surface area contributed by atoms with Crippen molar-refractivity contribution < 1.29 is 10.7 Å². The molecule has 0 aliphatic rings. The van der Waals surface area contributed by atoms with Crippen LogP contribution in [0.1, 0.15) is 0 Å². The maximum absolute atomic E-state index is 7.51. The Bertz CT molecular complexity index is 1480. The van der Waals surface area contributed by atoms with Crippen molar-refractivity contribution in [1.82, 2.24) is 0 Å². The molecule has 0 saturated carbocycles. The number of rotatable bonds is 11. The Morgan fingerprint density at radius 3 is 0.717 bits per heavy atom. The van der Waals surface area contributed by atoms with Crippen LogP contribution in [-0.2, 0) is 10.7 Å². The third kappa shape index (κ3) is 7.13. The van der Waals surface area contributed by atoms with E-state index in [1.165, 1.54) is 0 Å². The van der Waals surface area contributed by atoms with E-state index in [2.05, 4.69) is 72.8 Å². The second kappa shape index (κ2) is 14.9. The smallest absolute Gasteiger partial charge is 0.489 e. The lowest BCUT2D eigenvalue weighted by Gasteiger charge is -2.40. The van der Waals surface area contributed by atoms with Gasteiger partial charge in [0.2, 0.25) is 0 Å². The second-order valence-corrected chi connectivity index (χ2v) is 21.7. The predicted octanol–water partition coefficient (Wildman–Crippen LogP) is 5.68. The Kier molecular flexibility index (Phi) is 10.6. The zero-order chi connectivity index (χ0) is 31.9. The zero-order valence-corrected chi connectivity index (χ0v) is 30.2. The molecule has 0 bridgehead atoms. The summed E-state index contributed by atoms with van der Waals surface area (Å²) in [4.78, 5) is 0. The molecule has 0 unspecified atom stereocenters. The van der Waals surface area contributed by atoms with Crippen LogP contribution < -0.4 is 31.1 Å². The van der Waals surface area contributed by atoms with Crippen molar-refractivity contribution in [3.8, 4) is 0 Å². The summed E-state index contributed by atoms with van der Waals surface area (Å²) in [6, 6.07) is 61.5. The Labute approximate surface area is 292 Å². The van der Waals surface area contributed by atoms with Gasteiger partial charge in [-0.2, -0.15) is 0 Å². The molecule has 6 aromatic carbocycles. The minimum Gasteiger partial charge on any atom is -0.489 e. The molecule has 0 N–H and O–H groups in total. The van der Waals surface area contributed by atoms with Crippen LogP contribution in [0.15, 0.2) is 182 Å². The minimum absolute atomic E-state index is 1.02. The average molecular weight is 712 g/mol. The maximum atomic E-state index is 7.51. The van der Waals surface area contributed by atoms with Gasteiger partial charge < -0.3 is 10.7 Å². The fourth-order valence-corrected chi connectivity index (χ4v) is 19.3. The van der Waals surface area contributed by atoms with Crippen molar-refractivity contribution in [2.75, 3.05) is 0 Å². The van der Waals surface area contributed by atoms with E-state index in [1.54, 1.807) is 0 Å². The first-order valence-corrected chi connectivity index (χ1v) is 21.2. The topological polar surface area (TPSA) is 27.7 Å². The summed E-state index contributed by atoms with van der Waals surface area (Å²) >= 11 is 16.0. The lowest BCUT2D eigenvalue weighted by molar-refractivity contribution is 0.200. The number of hydrogen-bond acceptors (Lipinski definition) is 3. The molecule has 46 heavy (non-hydrogen) atoms. The quantitative estimate of drug-likeness (QED) is 0.0984. The minimum atomic E-state index is -3.40. The third-order valence-electron chi connectivity index (χ3n) is 7.86. The Morgan fingerprint density at radius 2 is 0.543 bits per heavy atom. The molecular formula is C37H30AlCl3O3Si2. The van der Waals surface area contributed by atoms with Crippen molar-refractivity contribution in [2.24, 2.45) is 0 Å². The van der Waals surface area contributed by atoms with Crippen LogP contribution in [0.2, 0.25) is 0 Å². The second-order valence-electron chi connectivity index (χ2n) is 10.6. The zero-order valence-electron chi connectivity index (χ0n) is 24.8. The van der Waals surface area contributed by atoms with Crippen LogP contribution >= 0.6 is 34.8 Å². The fraction of sp³-hybridized carbons (Fsp3) is 0.0270. The summed E-state index contributed by atoms with van der Waals surface area (Å²) < 4.78 is 19.3. The van der Waals surface area contributed by atoms with E-state index in [-0.39, 0.29) is 0 Å². The average Bonchev–Trinajstić information content (AvgIpc) is 3.11. The highest BCUT2D eigenvalue weighted by Crippen LogP contribution is 2.30. The molecule has 0 radical (unpaired) electrons. The highest BCUT2D eigenvalue weighted by molar-refractivity contribution is 7.11. The Hall–Kier alpha value is -2.96. The summed E-state index contributed by atoms with van der Waals surface area (Å²) in [6.07, 6.45) is 0. The maximum Gasteiger partial charge on any atom is 0.887 e. The predicted molar refractivity (Wildman–Crippen MR) is 197 cm³/mol. The number of benzene rings is 6. The van der Waals surface area contributed by atoms with E-state index in [9.17, 15) is 0 Å². The van der Waals surface area contributed by atoms with Gasteiger partial charge in [-0.05, 0) is 31.1 Å². The summed E-state index contributed by atoms with van der Waals surface area (Å²) in [7, 11) is -6.66. The molecule has 0 aromatic heterocycles. The first-order chi connectivity index (χ1) is 22.4. The van der Waals surface area contributed by atoms with Gasteiger partial charge in [-0.3, -0.25) is 0 Å². The molecule has 0 saturated heterocycles. The van der Waals surface area contributed by atoms with Crippen LogP contribution in [-0.4, -0.2) is 35.8 Å². The highest BCUT2D eigenvalue weighted by Gasteiger charge is 2.56. The van der Waals surface area contributed by atoms with Gasteiger partial charge in [0.1, 0.15) is 0 Å². The van der Waals surface area contributed by atoms with Crippen molar-refractivity contribution in [2.45, 2.75) is 3.98 Å². The number of alkyl halides is 3. The normalized spacial score (nSPS) is 12.1. The molecule has 0 spiro atoms. The first-order valence-electron chi connectivity index (χ1n) is 14.9. The monoisotopic (exact) mass is 710 g/mol. The van der Waals surface area contributed by atoms with Gasteiger partial charge in [0.05, 0.1) is 0 Å². The van der Waals surface area contributed by atoms with Crippen LogP contribution in [0.25, 0.3) is 0 Å². The molecule has 0 fully saturated rings. The standard InChI is InChI=1S/2C18H15OSi.CCl3O.Al/c2*19-20(16-10-4-1-5-11-16,17-12-6-2-7-13-17)18-14-8-3-9-15-18;2-1(3,4)5;/h2*1-15H;;/q3*-1;+3. The molecule has 0 heterocycles. The van der Waals surface area contributed by atoms with Gasteiger partial charge >= 0.3 is 15.1 Å². The van der Waals surface area contributed by atoms with Gasteiger partial charge in [-0.15, -0.1) is 0 Å². The van der Waals surface area contributed by atoms with Gasteiger partial charge in [0.25, 0.3) is 20.6 Å². The van der Waals surface area contributed by atoms with Gasteiger partial charge in [0, 0.05) is 0 Å². The van der Waals surface area contributed by atoms with Gasteiger partial charge in [0.15, 0.2) is 0 Å². The van der Waals surface area contributed by atoms with Crippen LogP contribution in [0.4, 0.5) is 0 Å². The molecular weight excluding hydrogens is 682 g/mol. The van der Waals surface area contributed by atoms with E-state index < -0.39 is 35.8 Å². The first kappa shape index (κ1) is 33.0. The highest BCUT2D eigenvalue weighted by atomic mass is 35.6. The molecule has 6 aromatic rings. The van der Waals surface area contributed by atoms with E-state index >= 15 is 0 Å². The van der Waals surface area contributed by atoms with Crippen LogP contribution in [0.3, 0.4) is 0 Å². The van der Waals surface area contributed by atoms with Crippen molar-refractivity contribution >= 4 is 97.7 Å². The molecule has 9 heteroatoms. The van der Waals surface area contributed by atoms with Gasteiger partial charge in [-0.1, -0.05) is 217 Å². The van der Waals surface area contributed by atoms with Crippen LogP contribution in [0.5, 0.6) is 0 Å². The van der Waals surface area contributed by atoms with E-state index in [0.29, 0.717) is 0 Å². The van der Waals surface area contributed by atoms with Gasteiger partial charge in [-0.25, -0.2) is 0 Å². The Balaban J connectivity index is 1.62. The summed E-state index contributed by atoms with van der Waals surface area (Å²) in [5.74, 6) is 0. The number of halogens is 3. The molecule has 0 amide bonds. The third-order valence-corrected chi connectivity index (χ3v) is 20.4. The lowest BCUT2D eigenvalue weighted by atomic mass is 10.3. The molecule has 228 valence electrons. The largest absolute Gasteiger partial charge is 0.887 e. The van der Waals surface area contributed by atoms with E-state index in [1.807, 2.05) is 109 Å². The molecule has 6 rings (SSSR count). The van der Waals surface area contributed by atoms with E-state index in [4.69, 9.17) is 45.5 Å². The lowest BCUT2D eigenvalue weighted by Crippen LogP contribution is -2.75. The molecule has 0 atom stereocenters. The summed E-state index contributed by atoms with van der Waals surface area (Å²) in [5, 5.41) is 6.13. The van der Waals surface area contributed by atoms with Crippen molar-refractivity contribution in [3.63, 3.8) is 0 Å². The number of hydrogen-bond donors (Lipinski definition) is 0. The summed E-state index contributed by atoms with van der Waals surface area (Å²) in [5.41, 5.74) is 0. The van der Waals surface area contributed by atoms with Crippen molar-refractivity contribution in [1.29, 1.82) is 0 Å². The summed E-state index contributed by atoms with van der Waals surface area (Å²) in [6.45, 7) is 0. The fourth-order valence-electron chi connectivity index (χ4n) is 5.92. The SMILES string of the molecule is ClC(Cl)(Cl)[O][Al]([O][Si](c1ccccc1)(c1ccccc1)c1ccccc1)[O][Si](c1ccccc1)(c1ccccc1)c1ccccc1. The molecule has 3 nitrogen and oxygen atoms in total.